The number of benzene rings is 1. The summed E-state index contributed by atoms with van der Waals surface area (Å²) in [5, 5.41) is 6.96. The van der Waals surface area contributed by atoms with E-state index >= 15 is 0 Å². The lowest BCUT2D eigenvalue weighted by atomic mass is 10.2. The molecule has 8 nitrogen and oxygen atoms in total. The standard InChI is InChI=1S/C18H17ClN4O4/c1-26-9-8-15-21-18(27-22-15)12-6-7-17(25)23(10-12)11-16(24)20-14-5-3-2-4-13(14)19/h2-7,10H,8-9,11H2,1H3,(H,20,24). The van der Waals surface area contributed by atoms with Crippen molar-refractivity contribution in [3.8, 4) is 11.5 Å². The van der Waals surface area contributed by atoms with Gasteiger partial charge in [-0.15, -0.1) is 0 Å². The number of aromatic nitrogens is 3. The van der Waals surface area contributed by atoms with Crippen molar-refractivity contribution < 1.29 is 14.1 Å². The predicted molar refractivity (Wildman–Crippen MR) is 99.7 cm³/mol. The molecule has 0 spiro atoms. The van der Waals surface area contributed by atoms with Gasteiger partial charge in [0.25, 0.3) is 11.4 Å². The molecule has 1 amide bonds. The Balaban J connectivity index is 1.75. The summed E-state index contributed by atoms with van der Waals surface area (Å²) >= 11 is 6.03. The average molecular weight is 389 g/mol. The van der Waals surface area contributed by atoms with Crippen LogP contribution in [0.25, 0.3) is 11.5 Å². The van der Waals surface area contributed by atoms with Gasteiger partial charge in [0.05, 0.1) is 22.9 Å². The third-order valence-electron chi connectivity index (χ3n) is 3.69. The zero-order valence-corrected chi connectivity index (χ0v) is 15.3. The maximum atomic E-state index is 12.3. The molecule has 0 fully saturated rings. The third kappa shape index (κ3) is 4.81. The van der Waals surface area contributed by atoms with Gasteiger partial charge in [0.1, 0.15) is 6.54 Å². The molecule has 0 unspecified atom stereocenters. The van der Waals surface area contributed by atoms with E-state index < -0.39 is 0 Å². The smallest absolute Gasteiger partial charge is 0.259 e. The van der Waals surface area contributed by atoms with Crippen LogP contribution in [0.2, 0.25) is 5.02 Å². The van der Waals surface area contributed by atoms with Crippen LogP contribution >= 0.6 is 11.6 Å². The summed E-state index contributed by atoms with van der Waals surface area (Å²) in [5.74, 6) is 0.385. The Morgan fingerprint density at radius 2 is 2.11 bits per heavy atom. The van der Waals surface area contributed by atoms with Crippen LogP contribution in [0.5, 0.6) is 0 Å². The Hall–Kier alpha value is -2.97. The minimum atomic E-state index is -0.381. The van der Waals surface area contributed by atoms with Crippen LogP contribution in [0.3, 0.4) is 0 Å². The van der Waals surface area contributed by atoms with Crippen molar-refractivity contribution in [3.63, 3.8) is 0 Å². The quantitative estimate of drug-likeness (QED) is 0.667. The lowest BCUT2D eigenvalue weighted by Gasteiger charge is -2.09. The summed E-state index contributed by atoms with van der Waals surface area (Å²) in [6.45, 7) is 0.295. The summed E-state index contributed by atoms with van der Waals surface area (Å²) in [7, 11) is 1.59. The van der Waals surface area contributed by atoms with Crippen molar-refractivity contribution in [2.75, 3.05) is 19.0 Å². The molecule has 0 saturated heterocycles. The van der Waals surface area contributed by atoms with E-state index in [0.717, 1.165) is 0 Å². The van der Waals surface area contributed by atoms with Crippen LogP contribution in [0, 0.1) is 0 Å². The molecule has 0 radical (unpaired) electrons. The van der Waals surface area contributed by atoms with E-state index in [4.69, 9.17) is 20.9 Å². The number of pyridine rings is 1. The van der Waals surface area contributed by atoms with Crippen LogP contribution in [-0.4, -0.2) is 34.3 Å². The molecule has 140 valence electrons. The van der Waals surface area contributed by atoms with E-state index in [1.165, 1.54) is 16.8 Å². The zero-order chi connectivity index (χ0) is 19.2. The highest BCUT2D eigenvalue weighted by Gasteiger charge is 2.12. The fraction of sp³-hybridized carbons (Fsp3) is 0.222. The SMILES string of the molecule is COCCc1noc(-c2ccc(=O)n(CC(=O)Nc3ccccc3Cl)c2)n1. The Morgan fingerprint density at radius 1 is 1.30 bits per heavy atom. The number of hydrogen-bond donors (Lipinski definition) is 1. The Kier molecular flexibility index (Phi) is 6.00. The summed E-state index contributed by atoms with van der Waals surface area (Å²) < 4.78 is 11.4. The maximum Gasteiger partial charge on any atom is 0.259 e. The van der Waals surface area contributed by atoms with E-state index in [1.807, 2.05) is 0 Å². The summed E-state index contributed by atoms with van der Waals surface area (Å²) in [5.41, 5.74) is 0.691. The number of rotatable bonds is 7. The number of carbonyl (C=O) groups is 1. The van der Waals surface area contributed by atoms with Gasteiger partial charge in [0.2, 0.25) is 5.91 Å². The molecule has 0 saturated carbocycles. The predicted octanol–water partition coefficient (Wildman–Crippen LogP) is 2.38. The van der Waals surface area contributed by atoms with Gasteiger partial charge in [-0.1, -0.05) is 28.9 Å². The monoisotopic (exact) mass is 388 g/mol. The Bertz CT molecular complexity index is 999. The van der Waals surface area contributed by atoms with E-state index in [1.54, 1.807) is 37.4 Å². The van der Waals surface area contributed by atoms with Crippen LogP contribution < -0.4 is 10.9 Å². The molecule has 1 aromatic carbocycles. The van der Waals surface area contributed by atoms with Crippen LogP contribution in [-0.2, 0) is 22.5 Å². The van der Waals surface area contributed by atoms with Gasteiger partial charge in [0.15, 0.2) is 5.82 Å². The van der Waals surface area contributed by atoms with Crippen LogP contribution in [0.15, 0.2) is 51.9 Å². The number of para-hydroxylation sites is 1. The van der Waals surface area contributed by atoms with Gasteiger partial charge < -0.3 is 19.1 Å². The first-order valence-electron chi connectivity index (χ1n) is 8.13. The van der Waals surface area contributed by atoms with E-state index in [-0.39, 0.29) is 23.9 Å². The second kappa shape index (κ2) is 8.61. The largest absolute Gasteiger partial charge is 0.384 e. The first-order valence-corrected chi connectivity index (χ1v) is 8.51. The highest BCUT2D eigenvalue weighted by atomic mass is 35.5. The summed E-state index contributed by atoms with van der Waals surface area (Å²) in [4.78, 5) is 28.6. The van der Waals surface area contributed by atoms with E-state index in [2.05, 4.69) is 15.5 Å². The molecule has 0 aliphatic carbocycles. The maximum absolute atomic E-state index is 12.3. The number of amides is 1. The number of nitrogens with zero attached hydrogens (tertiary/aromatic N) is 3. The van der Waals surface area contributed by atoms with Gasteiger partial charge in [0, 0.05) is 25.8 Å². The van der Waals surface area contributed by atoms with Crippen molar-refractivity contribution in [1.29, 1.82) is 0 Å². The minimum absolute atomic E-state index is 0.178. The van der Waals surface area contributed by atoms with Gasteiger partial charge in [-0.25, -0.2) is 0 Å². The molecule has 0 bridgehead atoms. The van der Waals surface area contributed by atoms with Gasteiger partial charge in [-0.2, -0.15) is 4.98 Å². The zero-order valence-electron chi connectivity index (χ0n) is 14.5. The molecule has 0 atom stereocenters. The lowest BCUT2D eigenvalue weighted by molar-refractivity contribution is -0.116. The van der Waals surface area contributed by atoms with Crippen molar-refractivity contribution in [1.82, 2.24) is 14.7 Å². The van der Waals surface area contributed by atoms with Crippen LogP contribution in [0.4, 0.5) is 5.69 Å². The molecule has 9 heteroatoms. The summed E-state index contributed by atoms with van der Waals surface area (Å²) in [6, 6.07) is 9.78. The molecule has 27 heavy (non-hydrogen) atoms. The first-order chi connectivity index (χ1) is 13.1. The molecule has 3 rings (SSSR count). The first kappa shape index (κ1) is 18.8. The van der Waals surface area contributed by atoms with Gasteiger partial charge in [-0.05, 0) is 18.2 Å². The van der Waals surface area contributed by atoms with Crippen molar-refractivity contribution in [2.45, 2.75) is 13.0 Å². The molecular formula is C18H17ClN4O4. The molecule has 1 N–H and O–H groups in total. The van der Waals surface area contributed by atoms with Crippen molar-refractivity contribution in [3.05, 3.63) is 63.8 Å². The topological polar surface area (TPSA) is 99.3 Å². The number of anilines is 1. The highest BCUT2D eigenvalue weighted by Crippen LogP contribution is 2.20. The lowest BCUT2D eigenvalue weighted by Crippen LogP contribution is -2.26. The number of hydrogen-bond acceptors (Lipinski definition) is 6. The molecule has 2 heterocycles. The Morgan fingerprint density at radius 3 is 2.89 bits per heavy atom. The van der Waals surface area contributed by atoms with Crippen molar-refractivity contribution in [2.24, 2.45) is 0 Å². The highest BCUT2D eigenvalue weighted by molar-refractivity contribution is 6.33. The van der Waals surface area contributed by atoms with Gasteiger partial charge >= 0.3 is 0 Å². The number of methoxy groups -OCH3 is 1. The van der Waals surface area contributed by atoms with Crippen molar-refractivity contribution >= 4 is 23.2 Å². The molecular weight excluding hydrogens is 372 g/mol. The minimum Gasteiger partial charge on any atom is -0.384 e. The second-order valence-corrected chi connectivity index (χ2v) is 6.08. The van der Waals surface area contributed by atoms with Gasteiger partial charge in [-0.3, -0.25) is 9.59 Å². The molecule has 0 aliphatic rings. The molecule has 3 aromatic rings. The fourth-order valence-electron chi connectivity index (χ4n) is 2.35. The number of ether oxygens (including phenoxy) is 1. The number of nitrogens with one attached hydrogen (secondary N) is 1. The average Bonchev–Trinajstić information content (AvgIpc) is 3.12. The number of halogens is 1. The van der Waals surface area contributed by atoms with E-state index in [9.17, 15) is 9.59 Å². The summed E-state index contributed by atoms with van der Waals surface area (Å²) in [6.07, 6.45) is 2.02. The third-order valence-corrected chi connectivity index (χ3v) is 4.02. The Labute approximate surface area is 159 Å². The van der Waals surface area contributed by atoms with E-state index in [0.29, 0.717) is 35.1 Å². The fourth-order valence-corrected chi connectivity index (χ4v) is 2.54. The van der Waals surface area contributed by atoms with Crippen LogP contribution in [0.1, 0.15) is 5.82 Å². The number of carbonyl (C=O) groups excluding carboxylic acids is 1. The second-order valence-electron chi connectivity index (χ2n) is 5.67. The normalized spacial score (nSPS) is 10.7. The molecule has 2 aromatic heterocycles. The molecule has 0 aliphatic heterocycles.